The molecule has 1 aliphatic heterocycles. The lowest BCUT2D eigenvalue weighted by atomic mass is 10.2. The topological polar surface area (TPSA) is 107 Å². The summed E-state index contributed by atoms with van der Waals surface area (Å²) in [6.45, 7) is 3.08. The van der Waals surface area contributed by atoms with Crippen molar-refractivity contribution in [3.63, 3.8) is 0 Å². The molecule has 156 valence electrons. The van der Waals surface area contributed by atoms with E-state index in [0.29, 0.717) is 22.5 Å². The number of thioether (sulfide) groups is 1. The van der Waals surface area contributed by atoms with Crippen molar-refractivity contribution in [1.82, 2.24) is 25.6 Å². The zero-order valence-electron chi connectivity index (χ0n) is 15.9. The number of ether oxygens (including phenoxy) is 2. The average molecular weight is 440 g/mol. The molecule has 2 N–H and O–H groups in total. The second-order valence-electron chi connectivity index (χ2n) is 6.40. The second-order valence-corrected chi connectivity index (χ2v) is 7.78. The van der Waals surface area contributed by atoms with Crippen molar-refractivity contribution < 1.29 is 19.1 Å². The molecule has 3 rings (SSSR count). The number of benzene rings is 1. The van der Waals surface area contributed by atoms with Crippen LogP contribution in [-0.2, 0) is 20.9 Å². The van der Waals surface area contributed by atoms with Crippen LogP contribution in [0.3, 0.4) is 0 Å². The number of aryl methyl sites for hydroxylation is 1. The number of rotatable bonds is 8. The highest BCUT2D eigenvalue weighted by atomic mass is 35.5. The van der Waals surface area contributed by atoms with E-state index in [4.69, 9.17) is 21.1 Å². The van der Waals surface area contributed by atoms with E-state index in [1.165, 1.54) is 11.8 Å². The van der Waals surface area contributed by atoms with Crippen molar-refractivity contribution in [2.75, 3.05) is 19.0 Å². The molecule has 0 saturated carbocycles. The fourth-order valence-electron chi connectivity index (χ4n) is 2.69. The molecular formula is C18H22ClN5O4S. The van der Waals surface area contributed by atoms with Gasteiger partial charge in [-0.2, -0.15) is 0 Å². The number of carbonyl (C=O) groups excluding carboxylic acids is 2. The average Bonchev–Trinajstić information content (AvgIpc) is 3.35. The Kier molecular flexibility index (Phi) is 7.73. The number of halogens is 1. The van der Waals surface area contributed by atoms with Gasteiger partial charge in [0.25, 0.3) is 5.91 Å². The minimum Gasteiger partial charge on any atom is -0.484 e. The maximum Gasteiger partial charge on any atom is 0.276 e. The maximum absolute atomic E-state index is 12.0. The van der Waals surface area contributed by atoms with Crippen LogP contribution in [0.15, 0.2) is 29.4 Å². The van der Waals surface area contributed by atoms with Crippen LogP contribution >= 0.6 is 23.4 Å². The van der Waals surface area contributed by atoms with Crippen LogP contribution in [0.25, 0.3) is 0 Å². The van der Waals surface area contributed by atoms with Crippen molar-refractivity contribution in [2.45, 2.75) is 37.6 Å². The van der Waals surface area contributed by atoms with E-state index in [9.17, 15) is 9.59 Å². The van der Waals surface area contributed by atoms with Gasteiger partial charge in [-0.15, -0.1) is 10.2 Å². The fraction of sp³-hybridized carbons (Fsp3) is 0.444. The number of hydrogen-bond donors (Lipinski definition) is 2. The molecule has 2 heterocycles. The Balaban J connectivity index is 1.38. The van der Waals surface area contributed by atoms with Gasteiger partial charge in [-0.3, -0.25) is 20.4 Å². The molecule has 2 aromatic rings. The van der Waals surface area contributed by atoms with Gasteiger partial charge in [0.15, 0.2) is 11.8 Å². The maximum atomic E-state index is 12.0. The zero-order valence-corrected chi connectivity index (χ0v) is 17.5. The molecule has 1 atom stereocenters. The Morgan fingerprint density at radius 1 is 1.28 bits per heavy atom. The summed E-state index contributed by atoms with van der Waals surface area (Å²) in [7, 11) is 0. The summed E-state index contributed by atoms with van der Waals surface area (Å²) in [6.07, 6.45) is 2.21. The van der Waals surface area contributed by atoms with Crippen molar-refractivity contribution in [2.24, 2.45) is 0 Å². The lowest BCUT2D eigenvalue weighted by Crippen LogP contribution is -2.44. The predicted octanol–water partition coefficient (Wildman–Crippen LogP) is 1.74. The van der Waals surface area contributed by atoms with Crippen molar-refractivity contribution in [3.8, 4) is 5.75 Å². The largest absolute Gasteiger partial charge is 0.484 e. The first-order chi connectivity index (χ1) is 14.0. The lowest BCUT2D eigenvalue weighted by molar-refractivity contribution is -0.128. The van der Waals surface area contributed by atoms with Crippen LogP contribution in [0.4, 0.5) is 0 Å². The van der Waals surface area contributed by atoms with Gasteiger partial charge in [0, 0.05) is 11.6 Å². The first-order valence-electron chi connectivity index (χ1n) is 9.11. The first-order valence-corrected chi connectivity index (χ1v) is 10.5. The van der Waals surface area contributed by atoms with E-state index in [-0.39, 0.29) is 24.4 Å². The van der Waals surface area contributed by atoms with Crippen molar-refractivity contribution in [1.29, 1.82) is 0 Å². The Bertz CT molecular complexity index is 839. The first kappa shape index (κ1) is 21.4. The number of hydrazine groups is 1. The van der Waals surface area contributed by atoms with Crippen LogP contribution in [0.1, 0.15) is 18.7 Å². The number of carbonyl (C=O) groups is 2. The summed E-state index contributed by atoms with van der Waals surface area (Å²) in [6, 6.07) is 6.62. The van der Waals surface area contributed by atoms with E-state index in [2.05, 4.69) is 21.0 Å². The number of aromatic nitrogens is 3. The van der Waals surface area contributed by atoms with Gasteiger partial charge in [0.2, 0.25) is 5.91 Å². The quantitative estimate of drug-likeness (QED) is 0.476. The van der Waals surface area contributed by atoms with E-state index >= 15 is 0 Å². The van der Waals surface area contributed by atoms with Crippen LogP contribution in [0, 0.1) is 6.92 Å². The summed E-state index contributed by atoms with van der Waals surface area (Å²) in [5.41, 5.74) is 4.67. The standard InChI is InChI=1S/C18H22ClN5O4S/c1-12-20-23-18(24(12)9-15-3-2-8-27-15)29-11-17(26)22-21-16(25)10-28-14-6-4-13(19)5-7-14/h4-7,15H,2-3,8-11H2,1H3,(H,21,25)(H,22,26)/t15-/m0/s1. The molecule has 1 aromatic carbocycles. The number of nitrogens with one attached hydrogen (secondary N) is 2. The Hall–Kier alpha value is -2.30. The molecule has 1 saturated heterocycles. The van der Waals surface area contributed by atoms with Gasteiger partial charge >= 0.3 is 0 Å². The molecule has 0 spiro atoms. The third kappa shape index (κ3) is 6.62. The Morgan fingerprint density at radius 2 is 2.03 bits per heavy atom. The SMILES string of the molecule is Cc1nnc(SCC(=O)NNC(=O)COc2ccc(Cl)cc2)n1C[C@@H]1CCCO1. The Labute approximate surface area is 177 Å². The smallest absolute Gasteiger partial charge is 0.276 e. The Morgan fingerprint density at radius 3 is 2.76 bits per heavy atom. The van der Waals surface area contributed by atoms with Crippen LogP contribution in [-0.4, -0.2) is 51.6 Å². The van der Waals surface area contributed by atoms with Gasteiger partial charge in [0.1, 0.15) is 11.6 Å². The monoisotopic (exact) mass is 439 g/mol. The summed E-state index contributed by atoms with van der Waals surface area (Å²) in [5, 5.41) is 9.42. The lowest BCUT2D eigenvalue weighted by Gasteiger charge is -2.13. The molecule has 0 radical (unpaired) electrons. The predicted molar refractivity (Wildman–Crippen MR) is 108 cm³/mol. The van der Waals surface area contributed by atoms with Gasteiger partial charge in [-0.1, -0.05) is 23.4 Å². The number of hydrogen-bond acceptors (Lipinski definition) is 7. The molecule has 0 aliphatic carbocycles. The third-order valence-corrected chi connectivity index (χ3v) is 5.39. The highest BCUT2D eigenvalue weighted by molar-refractivity contribution is 7.99. The molecule has 2 amide bonds. The number of amides is 2. The molecule has 1 aliphatic rings. The highest BCUT2D eigenvalue weighted by Gasteiger charge is 2.20. The molecule has 29 heavy (non-hydrogen) atoms. The summed E-state index contributed by atoms with van der Waals surface area (Å²) in [4.78, 5) is 23.8. The van der Waals surface area contributed by atoms with Crippen LogP contribution in [0.2, 0.25) is 5.02 Å². The highest BCUT2D eigenvalue weighted by Crippen LogP contribution is 2.21. The summed E-state index contributed by atoms with van der Waals surface area (Å²) >= 11 is 7.04. The minimum absolute atomic E-state index is 0.0853. The van der Waals surface area contributed by atoms with Gasteiger partial charge in [-0.25, -0.2) is 0 Å². The molecule has 1 fully saturated rings. The van der Waals surface area contributed by atoms with Crippen molar-refractivity contribution in [3.05, 3.63) is 35.1 Å². The summed E-state index contributed by atoms with van der Waals surface area (Å²) < 4.78 is 12.9. The van der Waals surface area contributed by atoms with E-state index < -0.39 is 5.91 Å². The van der Waals surface area contributed by atoms with Crippen LogP contribution in [0.5, 0.6) is 5.75 Å². The third-order valence-electron chi connectivity index (χ3n) is 4.17. The molecule has 1 aromatic heterocycles. The van der Waals surface area contributed by atoms with E-state index in [0.717, 1.165) is 25.3 Å². The zero-order chi connectivity index (χ0) is 20.6. The normalized spacial score (nSPS) is 15.9. The van der Waals surface area contributed by atoms with Crippen LogP contribution < -0.4 is 15.6 Å². The fourth-order valence-corrected chi connectivity index (χ4v) is 3.61. The van der Waals surface area contributed by atoms with Gasteiger partial charge in [0.05, 0.1) is 18.4 Å². The second kappa shape index (κ2) is 10.5. The molecule has 11 heteroatoms. The van der Waals surface area contributed by atoms with Crippen molar-refractivity contribution >= 4 is 35.2 Å². The van der Waals surface area contributed by atoms with E-state index in [1.807, 2.05) is 11.5 Å². The molecule has 0 unspecified atom stereocenters. The number of nitrogens with zero attached hydrogens (tertiary/aromatic N) is 3. The molecule has 0 bridgehead atoms. The minimum atomic E-state index is -0.476. The molecule has 9 nitrogen and oxygen atoms in total. The summed E-state index contributed by atoms with van der Waals surface area (Å²) in [5.74, 6) is 0.528. The van der Waals surface area contributed by atoms with Gasteiger partial charge < -0.3 is 14.0 Å². The van der Waals surface area contributed by atoms with Gasteiger partial charge in [-0.05, 0) is 44.0 Å². The molecular weight excluding hydrogens is 418 g/mol. The van der Waals surface area contributed by atoms with E-state index in [1.54, 1.807) is 24.3 Å².